The zero-order valence-electron chi connectivity index (χ0n) is 7.77. The lowest BCUT2D eigenvalue weighted by atomic mass is 10.2. The molecule has 1 rings (SSSR count). The summed E-state index contributed by atoms with van der Waals surface area (Å²) in [4.78, 5) is 0.331. The van der Waals surface area contributed by atoms with Gasteiger partial charge in [-0.15, -0.1) is 0 Å². The molecule has 0 spiro atoms. The van der Waals surface area contributed by atoms with E-state index in [0.717, 1.165) is 5.56 Å². The van der Waals surface area contributed by atoms with Crippen LogP contribution in [0, 0.1) is 6.92 Å². The van der Waals surface area contributed by atoms with Crippen molar-refractivity contribution in [1.82, 2.24) is 0 Å². The predicted molar refractivity (Wildman–Crippen MR) is 58.2 cm³/mol. The van der Waals surface area contributed by atoms with Crippen molar-refractivity contribution >= 4 is 21.4 Å². The number of hydrogen-bond donors (Lipinski definition) is 0. The Morgan fingerprint density at radius 3 is 2.36 bits per heavy atom. The van der Waals surface area contributed by atoms with Crippen molar-refractivity contribution in [2.24, 2.45) is 0 Å². The molecule has 14 heavy (non-hydrogen) atoms. The molecular weight excluding hydrogens is 220 g/mol. The summed E-state index contributed by atoms with van der Waals surface area (Å²) < 4.78 is 23.2. The molecule has 0 aliphatic rings. The van der Waals surface area contributed by atoms with E-state index in [1.165, 1.54) is 11.6 Å². The van der Waals surface area contributed by atoms with Gasteiger partial charge in [-0.2, -0.15) is 0 Å². The highest BCUT2D eigenvalue weighted by atomic mass is 35.5. The molecule has 1 aromatic rings. The van der Waals surface area contributed by atoms with Gasteiger partial charge in [-0.3, -0.25) is 0 Å². The molecule has 76 valence electrons. The quantitative estimate of drug-likeness (QED) is 0.800. The first-order valence-electron chi connectivity index (χ1n) is 4.11. The minimum Gasteiger partial charge on any atom is -0.223 e. The van der Waals surface area contributed by atoms with Crippen LogP contribution in [0.3, 0.4) is 0 Å². The Kier molecular flexibility index (Phi) is 3.72. The smallest absolute Gasteiger partial charge is 0.181 e. The van der Waals surface area contributed by atoms with E-state index in [1.54, 1.807) is 24.3 Å². The van der Waals surface area contributed by atoms with Gasteiger partial charge < -0.3 is 0 Å². The highest BCUT2D eigenvalue weighted by Crippen LogP contribution is 2.12. The van der Waals surface area contributed by atoms with Crippen LogP contribution in [0.4, 0.5) is 0 Å². The van der Waals surface area contributed by atoms with Gasteiger partial charge in [0.15, 0.2) is 9.84 Å². The molecule has 0 bridgehead atoms. The molecule has 0 radical (unpaired) electrons. The SMILES string of the molecule is Cc1ccc(S(=O)(=O)C/C=C\Cl)cc1. The fraction of sp³-hybridized carbons (Fsp3) is 0.200. The van der Waals surface area contributed by atoms with Crippen molar-refractivity contribution in [2.45, 2.75) is 11.8 Å². The van der Waals surface area contributed by atoms with Gasteiger partial charge >= 0.3 is 0 Å². The summed E-state index contributed by atoms with van der Waals surface area (Å²) in [6.45, 7) is 1.91. The molecule has 0 amide bonds. The molecule has 2 nitrogen and oxygen atoms in total. The average molecular weight is 231 g/mol. The van der Waals surface area contributed by atoms with Crippen molar-refractivity contribution in [1.29, 1.82) is 0 Å². The second kappa shape index (κ2) is 4.62. The van der Waals surface area contributed by atoms with Gasteiger partial charge in [0.2, 0.25) is 0 Å². The number of sulfone groups is 1. The lowest BCUT2D eigenvalue weighted by molar-refractivity contribution is 0.599. The summed E-state index contributed by atoms with van der Waals surface area (Å²) in [6, 6.07) is 6.76. The summed E-state index contributed by atoms with van der Waals surface area (Å²) in [5.74, 6) is -0.0560. The maximum absolute atomic E-state index is 11.6. The normalized spacial score (nSPS) is 12.1. The van der Waals surface area contributed by atoms with Gasteiger partial charge in [0.05, 0.1) is 10.6 Å². The van der Waals surface area contributed by atoms with Crippen LogP contribution >= 0.6 is 11.6 Å². The summed E-state index contributed by atoms with van der Waals surface area (Å²) in [6.07, 6.45) is 1.41. The summed E-state index contributed by atoms with van der Waals surface area (Å²) in [7, 11) is -3.21. The average Bonchev–Trinajstić information content (AvgIpc) is 2.16. The minimum absolute atomic E-state index is 0.0560. The highest BCUT2D eigenvalue weighted by Gasteiger charge is 2.11. The predicted octanol–water partition coefficient (Wildman–Crippen LogP) is 2.52. The van der Waals surface area contributed by atoms with E-state index in [2.05, 4.69) is 0 Å². The second-order valence-corrected chi connectivity index (χ2v) is 5.24. The Labute approximate surface area is 89.1 Å². The third-order valence-electron chi connectivity index (χ3n) is 1.78. The maximum Gasteiger partial charge on any atom is 0.181 e. The standard InChI is InChI=1S/C10H11ClO2S/c1-9-3-5-10(6-4-9)14(12,13)8-2-7-11/h2-7H,8H2,1H3/b7-2-. The van der Waals surface area contributed by atoms with E-state index in [1.807, 2.05) is 6.92 Å². The number of aryl methyl sites for hydroxylation is 1. The fourth-order valence-corrected chi connectivity index (χ4v) is 2.29. The first-order chi connectivity index (χ1) is 6.56. The monoisotopic (exact) mass is 230 g/mol. The Morgan fingerprint density at radius 1 is 1.29 bits per heavy atom. The van der Waals surface area contributed by atoms with Crippen molar-refractivity contribution in [3.63, 3.8) is 0 Å². The Hall–Kier alpha value is -0.800. The van der Waals surface area contributed by atoms with Crippen LogP contribution in [-0.4, -0.2) is 14.2 Å². The van der Waals surface area contributed by atoms with E-state index in [9.17, 15) is 8.42 Å². The van der Waals surface area contributed by atoms with Gasteiger partial charge in [0, 0.05) is 5.54 Å². The molecule has 0 unspecified atom stereocenters. The Morgan fingerprint density at radius 2 is 1.86 bits per heavy atom. The van der Waals surface area contributed by atoms with Crippen molar-refractivity contribution in [3.05, 3.63) is 41.4 Å². The van der Waals surface area contributed by atoms with Crippen LogP contribution in [0.5, 0.6) is 0 Å². The summed E-state index contributed by atoms with van der Waals surface area (Å²) in [5, 5.41) is 0. The molecule has 0 aromatic heterocycles. The van der Waals surface area contributed by atoms with Gasteiger partial charge in [-0.05, 0) is 19.1 Å². The highest BCUT2D eigenvalue weighted by molar-refractivity contribution is 7.91. The molecule has 0 aliphatic carbocycles. The maximum atomic E-state index is 11.6. The Bertz CT molecular complexity index is 418. The van der Waals surface area contributed by atoms with Gasteiger partial charge in [0.1, 0.15) is 0 Å². The zero-order valence-corrected chi connectivity index (χ0v) is 9.35. The molecule has 0 saturated heterocycles. The molecule has 0 fully saturated rings. The van der Waals surface area contributed by atoms with Crippen LogP contribution < -0.4 is 0 Å². The van der Waals surface area contributed by atoms with Crippen molar-refractivity contribution in [3.8, 4) is 0 Å². The number of rotatable bonds is 3. The second-order valence-electron chi connectivity index (χ2n) is 2.96. The Balaban J connectivity index is 2.99. The lowest BCUT2D eigenvalue weighted by Crippen LogP contribution is -2.04. The minimum atomic E-state index is -3.21. The van der Waals surface area contributed by atoms with E-state index in [0.29, 0.717) is 4.90 Å². The van der Waals surface area contributed by atoms with Crippen LogP contribution in [-0.2, 0) is 9.84 Å². The molecule has 0 N–H and O–H groups in total. The van der Waals surface area contributed by atoms with E-state index < -0.39 is 9.84 Å². The zero-order chi connectivity index (χ0) is 10.6. The molecule has 0 atom stereocenters. The third kappa shape index (κ3) is 2.86. The van der Waals surface area contributed by atoms with Gasteiger partial charge in [0.25, 0.3) is 0 Å². The molecule has 0 saturated carbocycles. The lowest BCUT2D eigenvalue weighted by Gasteiger charge is -2.01. The van der Waals surface area contributed by atoms with Crippen LogP contribution in [0.15, 0.2) is 40.8 Å². The first-order valence-corrected chi connectivity index (χ1v) is 6.20. The molecular formula is C10H11ClO2S. The summed E-state index contributed by atoms with van der Waals surface area (Å²) in [5.41, 5.74) is 2.25. The number of benzene rings is 1. The molecule has 4 heteroatoms. The topological polar surface area (TPSA) is 34.1 Å². The van der Waals surface area contributed by atoms with E-state index in [-0.39, 0.29) is 5.75 Å². The van der Waals surface area contributed by atoms with Crippen LogP contribution in [0.1, 0.15) is 5.56 Å². The van der Waals surface area contributed by atoms with Gasteiger partial charge in [-0.1, -0.05) is 35.4 Å². The first kappa shape index (κ1) is 11.3. The number of hydrogen-bond acceptors (Lipinski definition) is 2. The number of halogens is 1. The fourth-order valence-electron chi connectivity index (χ4n) is 1.00. The van der Waals surface area contributed by atoms with Crippen molar-refractivity contribution in [2.75, 3.05) is 5.75 Å². The molecule has 0 heterocycles. The summed E-state index contributed by atoms with van der Waals surface area (Å²) >= 11 is 5.28. The molecule has 1 aromatic carbocycles. The van der Waals surface area contributed by atoms with Gasteiger partial charge in [-0.25, -0.2) is 8.42 Å². The van der Waals surface area contributed by atoms with Crippen LogP contribution in [0.25, 0.3) is 0 Å². The van der Waals surface area contributed by atoms with Crippen molar-refractivity contribution < 1.29 is 8.42 Å². The molecule has 0 aliphatic heterocycles. The van der Waals surface area contributed by atoms with E-state index in [4.69, 9.17) is 11.6 Å². The van der Waals surface area contributed by atoms with Crippen LogP contribution in [0.2, 0.25) is 0 Å². The largest absolute Gasteiger partial charge is 0.223 e. The third-order valence-corrected chi connectivity index (χ3v) is 3.58. The van der Waals surface area contributed by atoms with E-state index >= 15 is 0 Å².